The van der Waals surface area contributed by atoms with E-state index in [4.69, 9.17) is 10.7 Å². The molecule has 0 aromatic carbocycles. The molecule has 8 heteroatoms. The molecular weight excluding hydrogens is 382 g/mol. The van der Waals surface area contributed by atoms with Crippen LogP contribution in [0, 0.1) is 0 Å². The highest BCUT2D eigenvalue weighted by Crippen LogP contribution is 2.28. The molecule has 27 heavy (non-hydrogen) atoms. The lowest BCUT2D eigenvalue weighted by Gasteiger charge is -2.35. The molecule has 3 heterocycles. The highest BCUT2D eigenvalue weighted by Gasteiger charge is 2.26. The number of nitrogens with two attached hydrogens (primary N) is 1. The van der Waals surface area contributed by atoms with Crippen molar-refractivity contribution in [3.8, 4) is 0 Å². The maximum absolute atomic E-state index is 11.7. The van der Waals surface area contributed by atoms with Gasteiger partial charge in [-0.25, -0.2) is 4.98 Å². The normalized spacial score (nSPS) is 21.0. The number of carbonyl (C=O) groups is 1. The molecule has 2 aliphatic rings. The van der Waals surface area contributed by atoms with Crippen molar-refractivity contribution in [2.24, 2.45) is 5.73 Å². The Morgan fingerprint density at radius 1 is 1.37 bits per heavy atom. The van der Waals surface area contributed by atoms with E-state index in [1.165, 1.54) is 28.4 Å². The van der Waals surface area contributed by atoms with E-state index in [-0.39, 0.29) is 18.3 Å². The molecule has 0 bridgehead atoms. The highest BCUT2D eigenvalue weighted by atomic mass is 35.5. The first-order chi connectivity index (χ1) is 12.6. The van der Waals surface area contributed by atoms with Gasteiger partial charge in [-0.05, 0) is 33.2 Å². The molecule has 0 saturated carbocycles. The number of likely N-dealkylation sites (tertiary alicyclic amines) is 1. The van der Waals surface area contributed by atoms with Gasteiger partial charge in [0.05, 0.1) is 12.2 Å². The molecule has 3 rings (SSSR count). The van der Waals surface area contributed by atoms with E-state index in [9.17, 15) is 4.79 Å². The number of hydrogen-bond acceptors (Lipinski definition) is 6. The van der Waals surface area contributed by atoms with Gasteiger partial charge in [0.25, 0.3) is 0 Å². The molecule has 1 aromatic rings. The number of piperidine rings is 1. The first kappa shape index (κ1) is 22.6. The lowest BCUT2D eigenvalue weighted by Crippen LogP contribution is -2.46. The van der Waals surface area contributed by atoms with Crippen molar-refractivity contribution in [2.45, 2.75) is 71.1 Å². The predicted octanol–water partition coefficient (Wildman–Crippen LogP) is 2.15. The summed E-state index contributed by atoms with van der Waals surface area (Å²) >= 11 is 1.89. The summed E-state index contributed by atoms with van der Waals surface area (Å²) in [7, 11) is 0. The number of nitrogens with one attached hydrogen (secondary N) is 1. The van der Waals surface area contributed by atoms with Crippen LogP contribution < -0.4 is 11.1 Å². The molecule has 1 saturated heterocycles. The van der Waals surface area contributed by atoms with Crippen molar-refractivity contribution in [1.82, 2.24) is 20.1 Å². The first-order valence-electron chi connectivity index (χ1n) is 9.99. The van der Waals surface area contributed by atoms with E-state index >= 15 is 0 Å². The predicted molar refractivity (Wildman–Crippen MR) is 113 cm³/mol. The second kappa shape index (κ2) is 10.7. The zero-order valence-electron chi connectivity index (χ0n) is 16.6. The molecule has 3 N–H and O–H groups in total. The maximum atomic E-state index is 11.7. The average molecular weight is 416 g/mol. The van der Waals surface area contributed by atoms with Gasteiger partial charge in [0, 0.05) is 56.0 Å². The number of thiazole rings is 1. The van der Waals surface area contributed by atoms with Crippen LogP contribution in [-0.2, 0) is 24.3 Å². The van der Waals surface area contributed by atoms with Crippen molar-refractivity contribution in [1.29, 1.82) is 0 Å². The van der Waals surface area contributed by atoms with Crippen molar-refractivity contribution in [2.75, 3.05) is 26.2 Å². The smallest absolute Gasteiger partial charge is 0.221 e. The Kier molecular flexibility index (Phi) is 8.95. The van der Waals surface area contributed by atoms with Gasteiger partial charge in [-0.15, -0.1) is 23.7 Å². The molecule has 1 atom stereocenters. The fourth-order valence-corrected chi connectivity index (χ4v) is 5.07. The van der Waals surface area contributed by atoms with E-state index in [1.54, 1.807) is 0 Å². The van der Waals surface area contributed by atoms with Crippen LogP contribution in [0.5, 0.6) is 0 Å². The average Bonchev–Trinajstić information content (AvgIpc) is 3.02. The number of rotatable bonds is 7. The highest BCUT2D eigenvalue weighted by molar-refractivity contribution is 7.11. The van der Waals surface area contributed by atoms with Gasteiger partial charge in [-0.1, -0.05) is 6.42 Å². The van der Waals surface area contributed by atoms with E-state index in [0.29, 0.717) is 25.0 Å². The summed E-state index contributed by atoms with van der Waals surface area (Å²) in [5.74, 6) is 0.0662. The van der Waals surface area contributed by atoms with Crippen LogP contribution in [0.25, 0.3) is 0 Å². The minimum Gasteiger partial charge on any atom is -0.354 e. The Hall–Kier alpha value is -0.730. The monoisotopic (exact) mass is 415 g/mol. The number of fused-ring (bicyclic) bond motifs is 1. The molecule has 0 radical (unpaired) electrons. The van der Waals surface area contributed by atoms with Crippen LogP contribution in [-0.4, -0.2) is 59.0 Å². The van der Waals surface area contributed by atoms with Gasteiger partial charge in [-0.3, -0.25) is 14.6 Å². The van der Waals surface area contributed by atoms with Crippen molar-refractivity contribution in [3.05, 3.63) is 15.6 Å². The first-order valence-corrected chi connectivity index (χ1v) is 10.8. The lowest BCUT2D eigenvalue weighted by atomic mass is 10.0. The summed E-state index contributed by atoms with van der Waals surface area (Å²) < 4.78 is 0. The number of aromatic nitrogens is 1. The Morgan fingerprint density at radius 2 is 2.19 bits per heavy atom. The van der Waals surface area contributed by atoms with E-state index < -0.39 is 0 Å². The fraction of sp³-hybridized carbons (Fsp3) is 0.789. The van der Waals surface area contributed by atoms with E-state index in [1.807, 2.05) is 11.3 Å². The van der Waals surface area contributed by atoms with Gasteiger partial charge < -0.3 is 11.1 Å². The van der Waals surface area contributed by atoms with Crippen molar-refractivity contribution in [3.63, 3.8) is 0 Å². The van der Waals surface area contributed by atoms with Gasteiger partial charge in [0.2, 0.25) is 5.91 Å². The molecule has 1 unspecified atom stereocenters. The molecule has 2 aliphatic heterocycles. The minimum absolute atomic E-state index is 0. The SMILES string of the molecule is CC(C)N1CCc2nc(CN3CCCCC3CNC(=O)CCN)sc2C1.Cl. The third-order valence-corrected chi connectivity index (χ3v) is 6.60. The van der Waals surface area contributed by atoms with Crippen molar-refractivity contribution < 1.29 is 4.79 Å². The number of hydrogen-bond donors (Lipinski definition) is 2. The quantitative estimate of drug-likeness (QED) is 0.713. The fourth-order valence-electron chi connectivity index (χ4n) is 3.90. The van der Waals surface area contributed by atoms with Gasteiger partial charge in [0.15, 0.2) is 0 Å². The molecule has 1 amide bonds. The zero-order valence-corrected chi connectivity index (χ0v) is 18.2. The number of amides is 1. The van der Waals surface area contributed by atoms with Crippen LogP contribution >= 0.6 is 23.7 Å². The Balaban J connectivity index is 0.00000261. The maximum Gasteiger partial charge on any atom is 0.221 e. The zero-order chi connectivity index (χ0) is 18.5. The molecular formula is C19H34ClN5OS. The summed E-state index contributed by atoms with van der Waals surface area (Å²) in [4.78, 5) is 23.2. The van der Waals surface area contributed by atoms with Crippen LogP contribution in [0.4, 0.5) is 0 Å². The second-order valence-electron chi connectivity index (χ2n) is 7.75. The topological polar surface area (TPSA) is 74.5 Å². The summed E-state index contributed by atoms with van der Waals surface area (Å²) in [5, 5.41) is 4.29. The largest absolute Gasteiger partial charge is 0.354 e. The van der Waals surface area contributed by atoms with Gasteiger partial charge in [0.1, 0.15) is 5.01 Å². The molecule has 154 valence electrons. The number of carbonyl (C=O) groups excluding carboxylic acids is 1. The van der Waals surface area contributed by atoms with Crippen LogP contribution in [0.1, 0.15) is 55.1 Å². The third-order valence-electron chi connectivity index (χ3n) is 5.53. The summed E-state index contributed by atoms with van der Waals surface area (Å²) in [6.07, 6.45) is 5.11. The number of halogens is 1. The van der Waals surface area contributed by atoms with Crippen LogP contribution in [0.2, 0.25) is 0 Å². The Bertz CT molecular complexity index is 609. The third kappa shape index (κ3) is 6.12. The lowest BCUT2D eigenvalue weighted by molar-refractivity contribution is -0.121. The van der Waals surface area contributed by atoms with E-state index in [0.717, 1.165) is 45.6 Å². The molecule has 0 spiro atoms. The molecule has 1 aromatic heterocycles. The number of nitrogens with zero attached hydrogens (tertiary/aromatic N) is 3. The van der Waals surface area contributed by atoms with Crippen LogP contribution in [0.15, 0.2) is 0 Å². The molecule has 1 fully saturated rings. The Morgan fingerprint density at radius 3 is 2.93 bits per heavy atom. The summed E-state index contributed by atoms with van der Waals surface area (Å²) in [6.45, 7) is 9.85. The second-order valence-corrected chi connectivity index (χ2v) is 8.92. The minimum atomic E-state index is 0. The van der Waals surface area contributed by atoms with Gasteiger partial charge in [-0.2, -0.15) is 0 Å². The standard InChI is InChI=1S/C19H33N5OS.ClH/c1-14(2)23-10-7-16-17(12-23)26-19(22-16)13-24-9-4-3-5-15(24)11-21-18(25)6-8-20;/h14-15H,3-13,20H2,1-2H3,(H,21,25);1H. The van der Waals surface area contributed by atoms with Crippen molar-refractivity contribution >= 4 is 29.7 Å². The molecule has 6 nitrogen and oxygen atoms in total. The Labute approximate surface area is 173 Å². The van der Waals surface area contributed by atoms with E-state index in [2.05, 4.69) is 29.0 Å². The summed E-state index contributed by atoms with van der Waals surface area (Å²) in [6, 6.07) is 1.01. The van der Waals surface area contributed by atoms with Crippen LogP contribution in [0.3, 0.4) is 0 Å². The van der Waals surface area contributed by atoms with Gasteiger partial charge >= 0.3 is 0 Å². The molecule has 0 aliphatic carbocycles. The summed E-state index contributed by atoms with van der Waals surface area (Å²) in [5.41, 5.74) is 6.77.